The van der Waals surface area contributed by atoms with Gasteiger partial charge in [0.2, 0.25) is 0 Å². The van der Waals surface area contributed by atoms with Gasteiger partial charge in [-0.1, -0.05) is 17.7 Å². The quantitative estimate of drug-likeness (QED) is 0.466. The van der Waals surface area contributed by atoms with Crippen molar-refractivity contribution in [3.63, 3.8) is 0 Å². The van der Waals surface area contributed by atoms with Crippen molar-refractivity contribution in [3.05, 3.63) is 71.1 Å². The van der Waals surface area contributed by atoms with Crippen molar-refractivity contribution in [1.29, 1.82) is 0 Å². The van der Waals surface area contributed by atoms with E-state index in [9.17, 15) is 9.18 Å². The van der Waals surface area contributed by atoms with E-state index in [4.69, 9.17) is 16.0 Å². The lowest BCUT2D eigenvalue weighted by Gasteiger charge is -2.37. The average molecular weight is 440 g/mol. The molecule has 9 heteroatoms. The molecular weight excluding hydrogens is 421 g/mol. The van der Waals surface area contributed by atoms with Gasteiger partial charge < -0.3 is 9.32 Å². The normalized spacial score (nSPS) is 19.1. The zero-order valence-corrected chi connectivity index (χ0v) is 17.5. The fraction of sp³-hybridized carbons (Fsp3) is 0.273. The molecule has 158 valence electrons. The number of carbonyl (C=O) groups is 1. The van der Waals surface area contributed by atoms with Crippen molar-refractivity contribution >= 4 is 28.6 Å². The van der Waals surface area contributed by atoms with Crippen LogP contribution >= 0.6 is 11.6 Å². The first kappa shape index (κ1) is 19.7. The van der Waals surface area contributed by atoms with Crippen LogP contribution in [-0.2, 0) is 0 Å². The van der Waals surface area contributed by atoms with E-state index in [0.717, 1.165) is 17.6 Å². The third kappa shape index (κ3) is 3.57. The number of carbonyl (C=O) groups excluding carboxylic acids is 1. The van der Waals surface area contributed by atoms with Crippen LogP contribution in [0.2, 0.25) is 5.02 Å². The lowest BCUT2D eigenvalue weighted by atomic mass is 9.92. The number of benzene rings is 2. The van der Waals surface area contributed by atoms with Gasteiger partial charge >= 0.3 is 0 Å². The van der Waals surface area contributed by atoms with Crippen LogP contribution in [-0.4, -0.2) is 43.4 Å². The van der Waals surface area contributed by atoms with Crippen LogP contribution in [0.25, 0.3) is 16.8 Å². The molecule has 2 atom stereocenters. The number of oxazole rings is 1. The van der Waals surface area contributed by atoms with Crippen molar-refractivity contribution in [3.8, 4) is 5.69 Å². The molecule has 0 aliphatic carbocycles. The first-order valence-electron chi connectivity index (χ1n) is 10.0. The summed E-state index contributed by atoms with van der Waals surface area (Å²) in [5, 5.41) is 8.61. The first-order valence-corrected chi connectivity index (χ1v) is 10.4. The molecule has 1 aliphatic heterocycles. The second-order valence-electron chi connectivity index (χ2n) is 7.70. The molecule has 0 bridgehead atoms. The van der Waals surface area contributed by atoms with Crippen molar-refractivity contribution < 1.29 is 13.6 Å². The molecule has 0 unspecified atom stereocenters. The Morgan fingerprint density at radius 2 is 2.00 bits per heavy atom. The Hall–Kier alpha value is -3.26. The Labute approximate surface area is 182 Å². The number of likely N-dealkylation sites (tertiary alicyclic amines) is 1. The summed E-state index contributed by atoms with van der Waals surface area (Å²) in [5.41, 5.74) is 1.61. The molecule has 2 aromatic heterocycles. The van der Waals surface area contributed by atoms with Gasteiger partial charge in [0.1, 0.15) is 11.2 Å². The van der Waals surface area contributed by atoms with E-state index < -0.39 is 5.82 Å². The van der Waals surface area contributed by atoms with Gasteiger partial charge in [-0.25, -0.2) is 9.37 Å². The minimum atomic E-state index is -0.556. The zero-order chi connectivity index (χ0) is 21.5. The fourth-order valence-corrected chi connectivity index (χ4v) is 4.23. The van der Waals surface area contributed by atoms with Gasteiger partial charge in [-0.15, -0.1) is 4.80 Å². The number of hydrogen-bond acceptors (Lipinski definition) is 5. The maximum atomic E-state index is 14.6. The fourth-order valence-electron chi connectivity index (χ4n) is 4.06. The largest absolute Gasteiger partial charge is 0.440 e. The molecule has 2 aromatic carbocycles. The summed E-state index contributed by atoms with van der Waals surface area (Å²) >= 11 is 6.06. The molecule has 0 radical (unpaired) electrons. The van der Waals surface area contributed by atoms with Crippen LogP contribution in [0.1, 0.15) is 41.9 Å². The minimum absolute atomic E-state index is 0.00993. The maximum absolute atomic E-state index is 14.6. The number of aromatic nitrogens is 4. The van der Waals surface area contributed by atoms with Crippen LogP contribution < -0.4 is 0 Å². The van der Waals surface area contributed by atoms with Gasteiger partial charge in [-0.3, -0.25) is 4.79 Å². The van der Waals surface area contributed by atoms with Crippen LogP contribution in [0.3, 0.4) is 0 Å². The summed E-state index contributed by atoms with van der Waals surface area (Å²) in [6.07, 6.45) is 4.50. The Bertz CT molecular complexity index is 1260. The van der Waals surface area contributed by atoms with Crippen molar-refractivity contribution in [2.45, 2.75) is 31.7 Å². The van der Waals surface area contributed by atoms with Crippen molar-refractivity contribution in [2.24, 2.45) is 0 Å². The van der Waals surface area contributed by atoms with E-state index in [1.54, 1.807) is 29.2 Å². The maximum Gasteiger partial charge on any atom is 0.256 e. The molecule has 31 heavy (non-hydrogen) atoms. The van der Waals surface area contributed by atoms with Gasteiger partial charge in [0.05, 0.1) is 23.9 Å². The molecule has 1 aliphatic rings. The van der Waals surface area contributed by atoms with E-state index in [1.165, 1.54) is 24.5 Å². The highest BCUT2D eigenvalue weighted by Crippen LogP contribution is 2.33. The molecule has 5 rings (SSSR count). The van der Waals surface area contributed by atoms with Crippen molar-refractivity contribution in [2.75, 3.05) is 6.54 Å². The Kier molecular flexibility index (Phi) is 4.94. The molecule has 7 nitrogen and oxygen atoms in total. The van der Waals surface area contributed by atoms with Gasteiger partial charge in [0, 0.05) is 17.6 Å². The number of hydrogen-bond donors (Lipinski definition) is 0. The molecule has 3 heterocycles. The Morgan fingerprint density at radius 1 is 1.19 bits per heavy atom. The molecular formula is C22H19ClFN5O2. The number of piperidine rings is 1. The monoisotopic (exact) mass is 439 g/mol. The van der Waals surface area contributed by atoms with E-state index >= 15 is 0 Å². The second kappa shape index (κ2) is 7.77. The van der Waals surface area contributed by atoms with E-state index in [2.05, 4.69) is 15.2 Å². The molecule has 1 fully saturated rings. The van der Waals surface area contributed by atoms with E-state index in [0.29, 0.717) is 28.6 Å². The third-order valence-electron chi connectivity index (χ3n) is 5.69. The van der Waals surface area contributed by atoms with Crippen LogP contribution in [0, 0.1) is 5.82 Å². The first-order chi connectivity index (χ1) is 15.0. The summed E-state index contributed by atoms with van der Waals surface area (Å²) in [6.45, 7) is 2.41. The third-order valence-corrected chi connectivity index (χ3v) is 5.93. The SMILES string of the molecule is C[C@@H]1CC[C@@H](c2nc3cc(Cl)ccc3o2)CN1C(=O)c1cccc(F)c1-n1nccn1. The number of nitrogens with zero attached hydrogens (tertiary/aromatic N) is 5. The van der Waals surface area contributed by atoms with Gasteiger partial charge in [0.15, 0.2) is 17.3 Å². The molecule has 1 saturated heterocycles. The van der Waals surface area contributed by atoms with Crippen LogP contribution in [0.4, 0.5) is 4.39 Å². The van der Waals surface area contributed by atoms with E-state index in [-0.39, 0.29) is 29.1 Å². The number of halogens is 2. The second-order valence-corrected chi connectivity index (χ2v) is 8.14. The lowest BCUT2D eigenvalue weighted by molar-refractivity contribution is 0.0597. The number of fused-ring (bicyclic) bond motifs is 1. The highest BCUT2D eigenvalue weighted by atomic mass is 35.5. The number of rotatable bonds is 3. The number of amides is 1. The molecule has 1 amide bonds. The van der Waals surface area contributed by atoms with Crippen LogP contribution in [0.5, 0.6) is 0 Å². The Balaban J connectivity index is 1.47. The predicted molar refractivity (Wildman–Crippen MR) is 113 cm³/mol. The molecule has 0 spiro atoms. The average Bonchev–Trinajstić information content (AvgIpc) is 3.43. The summed E-state index contributed by atoms with van der Waals surface area (Å²) in [4.78, 5) is 21.0. The minimum Gasteiger partial charge on any atom is -0.440 e. The summed E-state index contributed by atoms with van der Waals surface area (Å²) < 4.78 is 20.6. The standard InChI is InChI=1S/C22H19ClFN5O2/c1-13-5-6-14(21-27-18-11-15(23)7-8-19(18)31-21)12-28(13)22(30)16-3-2-4-17(24)20(16)29-25-9-10-26-29/h2-4,7-11,13-14H,5-6,12H2,1H3/t13-,14-/m1/s1. The van der Waals surface area contributed by atoms with Gasteiger partial charge in [0.25, 0.3) is 5.91 Å². The lowest BCUT2D eigenvalue weighted by Crippen LogP contribution is -2.45. The molecule has 0 saturated carbocycles. The predicted octanol–water partition coefficient (Wildman–Crippen LogP) is 4.61. The molecule has 4 aromatic rings. The summed E-state index contributed by atoms with van der Waals surface area (Å²) in [7, 11) is 0. The summed E-state index contributed by atoms with van der Waals surface area (Å²) in [6, 6.07) is 9.71. The molecule has 0 N–H and O–H groups in total. The van der Waals surface area contributed by atoms with Crippen molar-refractivity contribution in [1.82, 2.24) is 24.9 Å². The van der Waals surface area contributed by atoms with Gasteiger partial charge in [-0.05, 0) is 50.1 Å². The highest BCUT2D eigenvalue weighted by Gasteiger charge is 2.34. The van der Waals surface area contributed by atoms with Gasteiger partial charge in [-0.2, -0.15) is 10.2 Å². The zero-order valence-electron chi connectivity index (χ0n) is 16.7. The van der Waals surface area contributed by atoms with Crippen LogP contribution in [0.15, 0.2) is 53.2 Å². The smallest absolute Gasteiger partial charge is 0.256 e. The van der Waals surface area contributed by atoms with E-state index in [1.807, 2.05) is 6.92 Å². The highest BCUT2D eigenvalue weighted by molar-refractivity contribution is 6.31. The number of para-hydroxylation sites is 1. The summed E-state index contributed by atoms with van der Waals surface area (Å²) in [5.74, 6) is -0.316. The Morgan fingerprint density at radius 3 is 2.81 bits per heavy atom. The topological polar surface area (TPSA) is 77.0 Å².